The fourth-order valence-corrected chi connectivity index (χ4v) is 2.77. The van der Waals surface area contributed by atoms with E-state index in [4.69, 9.17) is 9.47 Å². The van der Waals surface area contributed by atoms with Crippen LogP contribution in [-0.4, -0.2) is 29.2 Å². The summed E-state index contributed by atoms with van der Waals surface area (Å²) in [6.07, 6.45) is 0.243. The molecule has 0 saturated heterocycles. The lowest BCUT2D eigenvalue weighted by Gasteiger charge is -2.16. The first-order valence-electron chi connectivity index (χ1n) is 7.48. The Morgan fingerprint density at radius 2 is 1.88 bits per heavy atom. The van der Waals surface area contributed by atoms with Crippen LogP contribution in [0.2, 0.25) is 0 Å². The molecule has 0 aliphatic carbocycles. The third kappa shape index (κ3) is 2.97. The normalized spacial score (nSPS) is 12.0. The summed E-state index contributed by atoms with van der Waals surface area (Å²) < 4.78 is 10.4. The van der Waals surface area contributed by atoms with Crippen molar-refractivity contribution in [2.24, 2.45) is 0 Å². The standard InChI is InChI=1S/C18H16N2O5/c1-24-12-6-8-13(15(10-12)25-2)18(21)14-7-5-11-4-3-9-19-16(11)17(14)20(22)23/h3-10,18,21H,1-2H3. The molecule has 0 fully saturated rings. The van der Waals surface area contributed by atoms with Gasteiger partial charge in [-0.05, 0) is 24.3 Å². The van der Waals surface area contributed by atoms with E-state index >= 15 is 0 Å². The van der Waals surface area contributed by atoms with Gasteiger partial charge in [0.1, 0.15) is 23.1 Å². The number of nitro benzene ring substituents is 1. The molecule has 1 atom stereocenters. The maximum Gasteiger partial charge on any atom is 0.301 e. The summed E-state index contributed by atoms with van der Waals surface area (Å²) in [7, 11) is 2.98. The number of pyridine rings is 1. The predicted molar refractivity (Wildman–Crippen MR) is 92.0 cm³/mol. The van der Waals surface area contributed by atoms with Crippen molar-refractivity contribution in [1.82, 2.24) is 4.98 Å². The molecule has 0 spiro atoms. The van der Waals surface area contributed by atoms with Crippen LogP contribution < -0.4 is 9.47 Å². The monoisotopic (exact) mass is 340 g/mol. The van der Waals surface area contributed by atoms with Crippen LogP contribution in [0.1, 0.15) is 17.2 Å². The minimum Gasteiger partial charge on any atom is -0.497 e. The molecule has 3 aromatic rings. The Bertz CT molecular complexity index is 942. The number of methoxy groups -OCH3 is 2. The number of nitro groups is 1. The molecule has 1 N–H and O–H groups in total. The van der Waals surface area contributed by atoms with E-state index in [1.165, 1.54) is 26.5 Å². The van der Waals surface area contributed by atoms with E-state index in [1.807, 2.05) is 0 Å². The molecule has 0 amide bonds. The first kappa shape index (κ1) is 16.7. The number of aromatic nitrogens is 1. The van der Waals surface area contributed by atoms with Crippen LogP contribution in [0.25, 0.3) is 10.9 Å². The molecular formula is C18H16N2O5. The van der Waals surface area contributed by atoms with Gasteiger partial charge in [0.15, 0.2) is 0 Å². The number of fused-ring (bicyclic) bond motifs is 1. The second-order valence-electron chi connectivity index (χ2n) is 5.35. The number of benzene rings is 2. The van der Waals surface area contributed by atoms with Crippen LogP contribution in [0, 0.1) is 10.1 Å². The maximum absolute atomic E-state index is 11.6. The van der Waals surface area contributed by atoms with E-state index in [1.54, 1.807) is 36.4 Å². The Morgan fingerprint density at radius 3 is 2.56 bits per heavy atom. The van der Waals surface area contributed by atoms with Crippen LogP contribution in [0.3, 0.4) is 0 Å². The fraction of sp³-hybridized carbons (Fsp3) is 0.167. The Hall–Kier alpha value is -3.19. The summed E-state index contributed by atoms with van der Waals surface area (Å²) in [6.45, 7) is 0. The summed E-state index contributed by atoms with van der Waals surface area (Å²) in [5.41, 5.74) is 0.571. The predicted octanol–water partition coefficient (Wildman–Crippen LogP) is 3.24. The number of hydrogen-bond donors (Lipinski definition) is 1. The van der Waals surface area contributed by atoms with Crippen LogP contribution in [0.15, 0.2) is 48.7 Å². The second-order valence-corrected chi connectivity index (χ2v) is 5.35. The summed E-state index contributed by atoms with van der Waals surface area (Å²) in [4.78, 5) is 15.2. The molecule has 25 heavy (non-hydrogen) atoms. The first-order valence-corrected chi connectivity index (χ1v) is 7.48. The number of hydrogen-bond acceptors (Lipinski definition) is 6. The van der Waals surface area contributed by atoms with Gasteiger partial charge in [-0.2, -0.15) is 0 Å². The lowest BCUT2D eigenvalue weighted by molar-refractivity contribution is -0.384. The molecule has 0 bridgehead atoms. The van der Waals surface area contributed by atoms with Gasteiger partial charge in [-0.15, -0.1) is 0 Å². The van der Waals surface area contributed by atoms with Gasteiger partial charge in [-0.3, -0.25) is 10.1 Å². The summed E-state index contributed by atoms with van der Waals surface area (Å²) >= 11 is 0. The third-order valence-electron chi connectivity index (χ3n) is 3.99. The highest BCUT2D eigenvalue weighted by molar-refractivity contribution is 5.88. The summed E-state index contributed by atoms with van der Waals surface area (Å²) in [5, 5.41) is 23.1. The zero-order chi connectivity index (χ0) is 18.0. The van der Waals surface area contributed by atoms with Crippen molar-refractivity contribution in [1.29, 1.82) is 0 Å². The van der Waals surface area contributed by atoms with Crippen molar-refractivity contribution in [3.8, 4) is 11.5 Å². The molecule has 7 heteroatoms. The SMILES string of the molecule is COc1ccc(C(O)c2ccc3cccnc3c2[N+](=O)[O-])c(OC)c1. The van der Waals surface area contributed by atoms with Crippen LogP contribution >= 0.6 is 0 Å². The Morgan fingerprint density at radius 1 is 1.12 bits per heavy atom. The summed E-state index contributed by atoms with van der Waals surface area (Å²) in [6, 6.07) is 11.6. The van der Waals surface area contributed by atoms with Gasteiger partial charge in [0.2, 0.25) is 0 Å². The lowest BCUT2D eigenvalue weighted by atomic mass is 9.97. The zero-order valence-electron chi connectivity index (χ0n) is 13.7. The number of rotatable bonds is 5. The second kappa shape index (κ2) is 6.74. The average Bonchev–Trinajstić information content (AvgIpc) is 2.65. The smallest absolute Gasteiger partial charge is 0.301 e. The van der Waals surface area contributed by atoms with Gasteiger partial charge < -0.3 is 14.6 Å². The molecule has 7 nitrogen and oxygen atoms in total. The van der Waals surface area contributed by atoms with Crippen LogP contribution in [0.5, 0.6) is 11.5 Å². The Labute approximate surface area is 143 Å². The van der Waals surface area contributed by atoms with E-state index in [0.717, 1.165) is 0 Å². The van der Waals surface area contributed by atoms with E-state index in [9.17, 15) is 15.2 Å². The molecular weight excluding hydrogens is 324 g/mol. The Balaban J connectivity index is 2.19. The number of nitrogens with zero attached hydrogens (tertiary/aromatic N) is 2. The highest BCUT2D eigenvalue weighted by Gasteiger charge is 2.27. The number of ether oxygens (including phenoxy) is 2. The van der Waals surface area contributed by atoms with Crippen molar-refractivity contribution in [2.75, 3.05) is 14.2 Å². The molecule has 0 saturated carbocycles. The quantitative estimate of drug-likeness (QED) is 0.566. The van der Waals surface area contributed by atoms with Crippen LogP contribution in [0.4, 0.5) is 5.69 Å². The molecule has 1 heterocycles. The third-order valence-corrected chi connectivity index (χ3v) is 3.99. The van der Waals surface area contributed by atoms with Gasteiger partial charge >= 0.3 is 5.69 Å². The van der Waals surface area contributed by atoms with Crippen molar-refractivity contribution in [3.63, 3.8) is 0 Å². The molecule has 0 aliphatic rings. The molecule has 0 radical (unpaired) electrons. The maximum atomic E-state index is 11.6. The lowest BCUT2D eigenvalue weighted by Crippen LogP contribution is -2.07. The molecule has 2 aromatic carbocycles. The molecule has 128 valence electrons. The van der Waals surface area contributed by atoms with Gasteiger partial charge in [-0.1, -0.05) is 12.1 Å². The first-order chi connectivity index (χ1) is 12.1. The van der Waals surface area contributed by atoms with Crippen molar-refractivity contribution in [2.45, 2.75) is 6.10 Å². The highest BCUT2D eigenvalue weighted by atomic mass is 16.6. The highest BCUT2D eigenvalue weighted by Crippen LogP contribution is 2.38. The Kier molecular flexibility index (Phi) is 4.49. The fourth-order valence-electron chi connectivity index (χ4n) is 2.77. The topological polar surface area (TPSA) is 94.7 Å². The minimum atomic E-state index is -1.24. The zero-order valence-corrected chi connectivity index (χ0v) is 13.7. The van der Waals surface area contributed by atoms with E-state index in [0.29, 0.717) is 22.4 Å². The molecule has 3 rings (SSSR count). The van der Waals surface area contributed by atoms with E-state index in [-0.39, 0.29) is 16.8 Å². The average molecular weight is 340 g/mol. The largest absolute Gasteiger partial charge is 0.497 e. The minimum absolute atomic E-state index is 0.152. The molecule has 0 aliphatic heterocycles. The van der Waals surface area contributed by atoms with Crippen molar-refractivity contribution >= 4 is 16.6 Å². The van der Waals surface area contributed by atoms with Gasteiger partial charge in [-0.25, -0.2) is 4.98 Å². The van der Waals surface area contributed by atoms with Crippen molar-refractivity contribution < 1.29 is 19.5 Å². The van der Waals surface area contributed by atoms with Crippen LogP contribution in [-0.2, 0) is 0 Å². The molecule has 1 unspecified atom stereocenters. The number of aliphatic hydroxyl groups is 1. The van der Waals surface area contributed by atoms with Gasteiger partial charge in [0.25, 0.3) is 0 Å². The van der Waals surface area contributed by atoms with E-state index in [2.05, 4.69) is 4.98 Å². The van der Waals surface area contributed by atoms with E-state index < -0.39 is 11.0 Å². The van der Waals surface area contributed by atoms with Crippen molar-refractivity contribution in [3.05, 3.63) is 69.9 Å². The summed E-state index contributed by atoms with van der Waals surface area (Å²) in [5.74, 6) is 0.935. The number of aliphatic hydroxyl groups excluding tert-OH is 1. The molecule has 1 aromatic heterocycles. The van der Waals surface area contributed by atoms with Gasteiger partial charge in [0, 0.05) is 23.2 Å². The van der Waals surface area contributed by atoms with Gasteiger partial charge in [0.05, 0.1) is 24.7 Å².